The molecule has 30 heavy (non-hydrogen) atoms. The fourth-order valence-corrected chi connectivity index (χ4v) is 3.63. The van der Waals surface area contributed by atoms with E-state index in [2.05, 4.69) is 15.5 Å². The minimum Gasteiger partial charge on any atom is -0.378 e. The van der Waals surface area contributed by atoms with Gasteiger partial charge in [-0.2, -0.15) is 0 Å². The zero-order valence-electron chi connectivity index (χ0n) is 16.0. The number of hydrogen-bond donors (Lipinski definition) is 2. The number of Topliss-reactive ketones (excluding diaryl/α,β-unsaturated/α-hetero) is 1. The Kier molecular flexibility index (Phi) is 5.44. The van der Waals surface area contributed by atoms with Crippen molar-refractivity contribution in [3.05, 3.63) is 81.5 Å². The maximum atomic E-state index is 13.2. The molecule has 0 aromatic heterocycles. The number of amides is 2. The molecule has 1 saturated heterocycles. The van der Waals surface area contributed by atoms with Gasteiger partial charge in [-0.3, -0.25) is 14.9 Å². The Balaban J connectivity index is 1.63. The minimum absolute atomic E-state index is 0.161. The Hall–Kier alpha value is -3.72. The normalized spacial score (nSPS) is 18.8. The van der Waals surface area contributed by atoms with Crippen molar-refractivity contribution in [2.75, 3.05) is 31.2 Å². The van der Waals surface area contributed by atoms with Crippen molar-refractivity contribution in [3.8, 4) is 0 Å². The average molecular weight is 408 g/mol. The molecule has 2 N–H and O–H groups in total. The van der Waals surface area contributed by atoms with Gasteiger partial charge in [0.2, 0.25) is 0 Å². The lowest BCUT2D eigenvalue weighted by atomic mass is 9.91. The van der Waals surface area contributed by atoms with Crippen molar-refractivity contribution in [1.82, 2.24) is 10.6 Å². The van der Waals surface area contributed by atoms with Crippen LogP contribution >= 0.6 is 0 Å². The van der Waals surface area contributed by atoms with Gasteiger partial charge in [-0.05, 0) is 30.3 Å². The highest BCUT2D eigenvalue weighted by Gasteiger charge is 2.33. The summed E-state index contributed by atoms with van der Waals surface area (Å²) in [5.74, 6) is -0.320. The number of nitrogens with one attached hydrogen (secondary N) is 2. The number of ether oxygens (including phenoxy) is 1. The van der Waals surface area contributed by atoms with E-state index in [0.717, 1.165) is 18.8 Å². The van der Waals surface area contributed by atoms with Crippen LogP contribution in [-0.4, -0.2) is 43.0 Å². The molecular weight excluding hydrogens is 388 g/mol. The maximum absolute atomic E-state index is 13.2. The second-order valence-corrected chi connectivity index (χ2v) is 6.94. The van der Waals surface area contributed by atoms with E-state index in [0.29, 0.717) is 18.8 Å². The lowest BCUT2D eigenvalue weighted by Crippen LogP contribution is -2.42. The summed E-state index contributed by atoms with van der Waals surface area (Å²) in [5, 5.41) is 16.5. The first-order chi connectivity index (χ1) is 14.5. The van der Waals surface area contributed by atoms with Crippen LogP contribution < -0.4 is 15.5 Å². The Morgan fingerprint density at radius 2 is 1.80 bits per heavy atom. The average Bonchev–Trinajstić information content (AvgIpc) is 2.79. The van der Waals surface area contributed by atoms with E-state index in [9.17, 15) is 19.7 Å². The highest BCUT2D eigenvalue weighted by molar-refractivity contribution is 6.10. The van der Waals surface area contributed by atoms with E-state index in [-0.39, 0.29) is 22.6 Å². The molecule has 2 aromatic carbocycles. The molecule has 1 atom stereocenters. The zero-order valence-corrected chi connectivity index (χ0v) is 16.0. The van der Waals surface area contributed by atoms with Crippen molar-refractivity contribution in [2.24, 2.45) is 0 Å². The van der Waals surface area contributed by atoms with Crippen LogP contribution in [0, 0.1) is 10.1 Å². The maximum Gasteiger partial charge on any atom is 0.319 e. The van der Waals surface area contributed by atoms with Gasteiger partial charge in [-0.25, -0.2) is 4.79 Å². The summed E-state index contributed by atoms with van der Waals surface area (Å²) in [6.45, 7) is 2.90. The van der Waals surface area contributed by atoms with E-state index in [4.69, 9.17) is 4.74 Å². The highest BCUT2D eigenvalue weighted by atomic mass is 16.6. The molecular formula is C21H20N4O5. The summed E-state index contributed by atoms with van der Waals surface area (Å²) < 4.78 is 5.36. The number of nitro groups is 1. The van der Waals surface area contributed by atoms with Crippen LogP contribution in [0.5, 0.6) is 0 Å². The Morgan fingerprint density at radius 3 is 2.50 bits per heavy atom. The number of anilines is 1. The van der Waals surface area contributed by atoms with Gasteiger partial charge in [0, 0.05) is 42.2 Å². The number of morpholine rings is 1. The largest absolute Gasteiger partial charge is 0.378 e. The van der Waals surface area contributed by atoms with Crippen LogP contribution in [0.1, 0.15) is 22.0 Å². The summed E-state index contributed by atoms with van der Waals surface area (Å²) in [6, 6.07) is 11.8. The van der Waals surface area contributed by atoms with Gasteiger partial charge < -0.3 is 20.3 Å². The van der Waals surface area contributed by atoms with Crippen molar-refractivity contribution < 1.29 is 19.2 Å². The third-order valence-corrected chi connectivity index (χ3v) is 5.16. The molecule has 2 heterocycles. The quantitative estimate of drug-likeness (QED) is 0.447. The van der Waals surface area contributed by atoms with Crippen molar-refractivity contribution >= 4 is 23.2 Å². The molecule has 1 unspecified atom stereocenters. The summed E-state index contributed by atoms with van der Waals surface area (Å²) in [4.78, 5) is 38.2. The molecule has 1 fully saturated rings. The van der Waals surface area contributed by atoms with E-state index in [1.165, 1.54) is 18.3 Å². The highest BCUT2D eigenvalue weighted by Crippen LogP contribution is 2.32. The number of hydrogen-bond acceptors (Lipinski definition) is 6. The first-order valence-electron chi connectivity index (χ1n) is 9.52. The summed E-state index contributed by atoms with van der Waals surface area (Å²) >= 11 is 0. The van der Waals surface area contributed by atoms with Gasteiger partial charge >= 0.3 is 6.03 Å². The van der Waals surface area contributed by atoms with E-state index in [1.807, 2.05) is 12.1 Å². The van der Waals surface area contributed by atoms with Crippen LogP contribution in [0.3, 0.4) is 0 Å². The van der Waals surface area contributed by atoms with Crippen LogP contribution in [0.4, 0.5) is 16.2 Å². The van der Waals surface area contributed by atoms with Crippen LogP contribution in [0.15, 0.2) is 60.3 Å². The molecule has 2 amide bonds. The lowest BCUT2D eigenvalue weighted by Gasteiger charge is -2.29. The molecule has 0 radical (unpaired) electrons. The number of carbonyl (C=O) groups excluding carboxylic acids is 2. The summed E-state index contributed by atoms with van der Waals surface area (Å²) in [7, 11) is 0. The Labute approximate surface area is 172 Å². The van der Waals surface area contributed by atoms with Gasteiger partial charge in [0.05, 0.1) is 29.7 Å². The molecule has 0 bridgehead atoms. The van der Waals surface area contributed by atoms with Gasteiger partial charge in [-0.1, -0.05) is 12.1 Å². The molecule has 9 heteroatoms. The molecule has 2 aliphatic heterocycles. The minimum atomic E-state index is -0.924. The van der Waals surface area contributed by atoms with Crippen LogP contribution in [0.25, 0.3) is 0 Å². The topological polar surface area (TPSA) is 114 Å². The second kappa shape index (κ2) is 8.34. The first-order valence-corrected chi connectivity index (χ1v) is 9.52. The van der Waals surface area contributed by atoms with Crippen LogP contribution in [0.2, 0.25) is 0 Å². The molecule has 9 nitrogen and oxygen atoms in total. The number of rotatable bonds is 5. The third kappa shape index (κ3) is 3.87. The van der Waals surface area contributed by atoms with E-state index in [1.54, 1.807) is 24.3 Å². The second-order valence-electron chi connectivity index (χ2n) is 6.94. The standard InChI is InChI=1S/C21H20N4O5/c26-20(14-5-7-15(8-6-14)24-9-11-30-12-10-24)17-13-22-21(27)23-19(17)16-3-1-2-4-18(16)25(28)29/h1-8,13,19H,9-12H2,(H2,22,23,27). The summed E-state index contributed by atoms with van der Waals surface area (Å²) in [6.07, 6.45) is 1.32. The van der Waals surface area contributed by atoms with Crippen LogP contribution in [-0.2, 0) is 4.74 Å². The molecule has 0 saturated carbocycles. The molecule has 2 aliphatic rings. The predicted molar refractivity (Wildman–Crippen MR) is 109 cm³/mol. The van der Waals surface area contributed by atoms with Gasteiger partial charge in [-0.15, -0.1) is 0 Å². The zero-order chi connectivity index (χ0) is 21.1. The number of nitrogens with zero attached hydrogens (tertiary/aromatic N) is 2. The predicted octanol–water partition coefficient (Wildman–Crippen LogP) is 2.55. The van der Waals surface area contributed by atoms with Crippen molar-refractivity contribution in [2.45, 2.75) is 6.04 Å². The number of para-hydroxylation sites is 1. The van der Waals surface area contributed by atoms with Gasteiger partial charge in [0.15, 0.2) is 5.78 Å². The SMILES string of the molecule is O=C1NC=C(C(=O)c2ccc(N3CCOCC3)cc2)C(c2ccccc2[N+](=O)[O-])N1. The smallest absolute Gasteiger partial charge is 0.319 e. The van der Waals surface area contributed by atoms with Crippen molar-refractivity contribution in [1.29, 1.82) is 0 Å². The molecule has 0 aliphatic carbocycles. The lowest BCUT2D eigenvalue weighted by molar-refractivity contribution is -0.385. The third-order valence-electron chi connectivity index (χ3n) is 5.16. The van der Waals surface area contributed by atoms with Crippen molar-refractivity contribution in [3.63, 3.8) is 0 Å². The first kappa shape index (κ1) is 19.6. The fourth-order valence-electron chi connectivity index (χ4n) is 3.63. The van der Waals surface area contributed by atoms with E-state index >= 15 is 0 Å². The number of carbonyl (C=O) groups is 2. The molecule has 154 valence electrons. The number of nitro benzene ring substituents is 1. The molecule has 0 spiro atoms. The van der Waals surface area contributed by atoms with E-state index < -0.39 is 17.0 Å². The molecule has 4 rings (SSSR count). The Morgan fingerprint density at radius 1 is 1.10 bits per heavy atom. The summed E-state index contributed by atoms with van der Waals surface area (Å²) in [5.41, 5.74) is 1.74. The number of ketones is 1. The number of benzene rings is 2. The number of urea groups is 1. The monoisotopic (exact) mass is 408 g/mol. The van der Waals surface area contributed by atoms with Gasteiger partial charge in [0.1, 0.15) is 0 Å². The van der Waals surface area contributed by atoms with Gasteiger partial charge in [0.25, 0.3) is 5.69 Å². The molecule has 2 aromatic rings. The Bertz CT molecular complexity index is 1010. The fraction of sp³-hybridized carbons (Fsp3) is 0.238.